The monoisotopic (exact) mass is 378 g/mol. The molecule has 0 spiro atoms. The second-order valence-corrected chi connectivity index (χ2v) is 6.39. The Morgan fingerprint density at radius 2 is 2.06 bits per heavy atom. The topological polar surface area (TPSA) is 20.2 Å². The molecule has 2 rings (SSSR count). The highest BCUT2D eigenvalue weighted by molar-refractivity contribution is 9.10. The first-order valence-electron chi connectivity index (χ1n) is 4.92. The minimum Gasteiger partial charge on any atom is -0.388 e. The number of thiophene rings is 1. The second-order valence-electron chi connectivity index (χ2n) is 3.61. The van der Waals surface area contributed by atoms with Gasteiger partial charge in [-0.2, -0.15) is 0 Å². The normalized spacial score (nSPS) is 12.7. The molecule has 0 aliphatic heterocycles. The van der Waals surface area contributed by atoms with Gasteiger partial charge in [0.05, 0.1) is 6.10 Å². The van der Waals surface area contributed by atoms with Crippen molar-refractivity contribution in [2.24, 2.45) is 0 Å². The molecule has 0 amide bonds. The summed E-state index contributed by atoms with van der Waals surface area (Å²) in [5, 5.41) is 12.0. The average Bonchev–Trinajstić information content (AvgIpc) is 2.63. The Bertz CT molecular complexity index is 507. The quantitative estimate of drug-likeness (QED) is 0.820. The molecule has 1 aromatic carbocycles. The van der Waals surface area contributed by atoms with Gasteiger partial charge in [-0.25, -0.2) is 4.39 Å². The number of halogens is 3. The van der Waals surface area contributed by atoms with Crippen LogP contribution in [0.1, 0.15) is 16.5 Å². The van der Waals surface area contributed by atoms with Crippen molar-refractivity contribution in [1.29, 1.82) is 0 Å². The van der Waals surface area contributed by atoms with Crippen LogP contribution >= 0.6 is 43.2 Å². The zero-order valence-corrected chi connectivity index (χ0v) is 12.6. The Kier molecular flexibility index (Phi) is 4.36. The Balaban J connectivity index is 2.20. The summed E-state index contributed by atoms with van der Waals surface area (Å²) in [7, 11) is 0. The molecule has 0 fully saturated rings. The van der Waals surface area contributed by atoms with Gasteiger partial charge in [-0.05, 0) is 51.1 Å². The number of aliphatic hydroxyl groups excluding tert-OH is 1. The van der Waals surface area contributed by atoms with E-state index >= 15 is 0 Å². The first kappa shape index (κ1) is 13.2. The van der Waals surface area contributed by atoms with E-state index in [0.717, 1.165) is 9.35 Å². The number of aliphatic hydroxyl groups is 1. The van der Waals surface area contributed by atoms with Crippen LogP contribution in [0.15, 0.2) is 38.6 Å². The van der Waals surface area contributed by atoms with Crippen molar-refractivity contribution in [2.45, 2.75) is 12.5 Å². The largest absolute Gasteiger partial charge is 0.388 e. The van der Waals surface area contributed by atoms with Gasteiger partial charge in [0.2, 0.25) is 0 Å². The van der Waals surface area contributed by atoms with Crippen molar-refractivity contribution >= 4 is 43.2 Å². The van der Waals surface area contributed by atoms with Crippen molar-refractivity contribution in [3.63, 3.8) is 0 Å². The third kappa shape index (κ3) is 3.37. The lowest BCUT2D eigenvalue weighted by Crippen LogP contribution is -2.01. The molecule has 0 aliphatic rings. The van der Waals surface area contributed by atoms with E-state index in [1.54, 1.807) is 17.4 Å². The maximum atomic E-state index is 13.2. The fourth-order valence-electron chi connectivity index (χ4n) is 1.53. The molecular weight excluding hydrogens is 371 g/mol. The van der Waals surface area contributed by atoms with Crippen LogP contribution in [0.5, 0.6) is 0 Å². The summed E-state index contributed by atoms with van der Waals surface area (Å²) >= 11 is 8.20. The molecule has 0 saturated carbocycles. The van der Waals surface area contributed by atoms with Gasteiger partial charge < -0.3 is 5.11 Å². The molecule has 90 valence electrons. The van der Waals surface area contributed by atoms with Gasteiger partial charge in [-0.3, -0.25) is 0 Å². The van der Waals surface area contributed by atoms with Crippen LogP contribution in [0.3, 0.4) is 0 Å². The Labute approximate surface area is 120 Å². The Morgan fingerprint density at radius 1 is 1.29 bits per heavy atom. The SMILES string of the molecule is OC(Cc1sccc1Br)c1cc(F)cc(Br)c1. The van der Waals surface area contributed by atoms with Crippen LogP contribution in [0.25, 0.3) is 0 Å². The van der Waals surface area contributed by atoms with Gasteiger partial charge >= 0.3 is 0 Å². The molecule has 2 aromatic rings. The van der Waals surface area contributed by atoms with E-state index in [2.05, 4.69) is 31.9 Å². The maximum absolute atomic E-state index is 13.2. The summed E-state index contributed by atoms with van der Waals surface area (Å²) < 4.78 is 14.8. The summed E-state index contributed by atoms with van der Waals surface area (Å²) in [5.74, 6) is -0.348. The van der Waals surface area contributed by atoms with Crippen LogP contribution in [0, 0.1) is 5.82 Å². The van der Waals surface area contributed by atoms with Crippen molar-refractivity contribution in [1.82, 2.24) is 0 Å². The van der Waals surface area contributed by atoms with Gasteiger partial charge in [0.1, 0.15) is 5.82 Å². The standard InChI is InChI=1S/C12H9Br2FOS/c13-8-3-7(4-9(15)5-8)11(16)6-12-10(14)1-2-17-12/h1-5,11,16H,6H2. The molecule has 5 heteroatoms. The van der Waals surface area contributed by atoms with Crippen LogP contribution in [0.2, 0.25) is 0 Å². The highest BCUT2D eigenvalue weighted by atomic mass is 79.9. The van der Waals surface area contributed by atoms with Gasteiger partial charge in [0, 0.05) is 20.2 Å². The zero-order chi connectivity index (χ0) is 12.4. The van der Waals surface area contributed by atoms with Crippen molar-refractivity contribution in [3.8, 4) is 0 Å². The molecule has 0 aliphatic carbocycles. The zero-order valence-electron chi connectivity index (χ0n) is 8.66. The molecule has 1 N–H and O–H groups in total. The molecule has 0 bridgehead atoms. The van der Waals surface area contributed by atoms with Gasteiger partial charge in [0.15, 0.2) is 0 Å². The lowest BCUT2D eigenvalue weighted by atomic mass is 10.1. The molecular formula is C12H9Br2FOS. The molecule has 1 heterocycles. The molecule has 1 aromatic heterocycles. The molecule has 0 saturated heterocycles. The summed E-state index contributed by atoms with van der Waals surface area (Å²) in [6.07, 6.45) is -0.217. The van der Waals surface area contributed by atoms with E-state index in [4.69, 9.17) is 0 Å². The van der Waals surface area contributed by atoms with Crippen LogP contribution in [-0.2, 0) is 6.42 Å². The van der Waals surface area contributed by atoms with E-state index in [0.29, 0.717) is 16.5 Å². The minimum atomic E-state index is -0.697. The maximum Gasteiger partial charge on any atom is 0.124 e. The number of rotatable bonds is 3. The van der Waals surface area contributed by atoms with Crippen LogP contribution < -0.4 is 0 Å². The molecule has 1 nitrogen and oxygen atoms in total. The lowest BCUT2D eigenvalue weighted by molar-refractivity contribution is 0.178. The van der Waals surface area contributed by atoms with E-state index in [1.165, 1.54) is 12.1 Å². The molecule has 1 unspecified atom stereocenters. The fourth-order valence-corrected chi connectivity index (χ4v) is 3.57. The number of benzene rings is 1. The van der Waals surface area contributed by atoms with Crippen LogP contribution in [-0.4, -0.2) is 5.11 Å². The predicted molar refractivity (Wildman–Crippen MR) is 74.8 cm³/mol. The minimum absolute atomic E-state index is 0.348. The van der Waals surface area contributed by atoms with E-state index in [1.807, 2.05) is 11.4 Å². The summed E-state index contributed by atoms with van der Waals surface area (Å²) in [6.45, 7) is 0. The molecule has 1 atom stereocenters. The van der Waals surface area contributed by atoms with Crippen molar-refractivity contribution in [3.05, 3.63) is 54.8 Å². The summed E-state index contributed by atoms with van der Waals surface area (Å²) in [4.78, 5) is 1.05. The smallest absolute Gasteiger partial charge is 0.124 e. The van der Waals surface area contributed by atoms with E-state index in [9.17, 15) is 9.50 Å². The lowest BCUT2D eigenvalue weighted by Gasteiger charge is -2.11. The summed E-state index contributed by atoms with van der Waals surface area (Å²) in [5.41, 5.74) is 0.581. The van der Waals surface area contributed by atoms with Gasteiger partial charge in [0.25, 0.3) is 0 Å². The first-order valence-corrected chi connectivity index (χ1v) is 7.39. The van der Waals surface area contributed by atoms with Gasteiger partial charge in [-0.15, -0.1) is 11.3 Å². The molecule has 0 radical (unpaired) electrons. The third-order valence-electron chi connectivity index (χ3n) is 2.34. The number of hydrogen-bond acceptors (Lipinski definition) is 2. The van der Waals surface area contributed by atoms with Crippen molar-refractivity contribution < 1.29 is 9.50 Å². The summed E-state index contributed by atoms with van der Waals surface area (Å²) in [6, 6.07) is 6.40. The highest BCUT2D eigenvalue weighted by Crippen LogP contribution is 2.29. The fraction of sp³-hybridized carbons (Fsp3) is 0.167. The molecule has 17 heavy (non-hydrogen) atoms. The van der Waals surface area contributed by atoms with Crippen molar-refractivity contribution in [2.75, 3.05) is 0 Å². The van der Waals surface area contributed by atoms with E-state index in [-0.39, 0.29) is 5.82 Å². The van der Waals surface area contributed by atoms with Crippen LogP contribution in [0.4, 0.5) is 4.39 Å². The highest BCUT2D eigenvalue weighted by Gasteiger charge is 2.13. The Hall–Kier alpha value is -0.230. The number of hydrogen-bond donors (Lipinski definition) is 1. The third-order valence-corrected chi connectivity index (χ3v) is 4.75. The van der Waals surface area contributed by atoms with Gasteiger partial charge in [-0.1, -0.05) is 15.9 Å². The average molecular weight is 380 g/mol. The van der Waals surface area contributed by atoms with E-state index < -0.39 is 6.10 Å². The second kappa shape index (κ2) is 5.61. The predicted octanol–water partition coefficient (Wildman–Crippen LogP) is 4.69. The Morgan fingerprint density at radius 3 is 2.65 bits per heavy atom. The first-order chi connectivity index (χ1) is 8.06.